The van der Waals surface area contributed by atoms with Gasteiger partial charge in [0.05, 0.1) is 12.1 Å². The van der Waals surface area contributed by atoms with Crippen molar-refractivity contribution in [1.82, 2.24) is 20.0 Å². The molecule has 3 amide bonds. The number of aromatic nitrogens is 1. The van der Waals surface area contributed by atoms with Gasteiger partial charge in [-0.15, -0.1) is 4.28 Å². The Morgan fingerprint density at radius 3 is 2.67 bits per heavy atom. The highest BCUT2D eigenvalue weighted by Gasteiger charge is 2.64. The molecule has 1 spiro atoms. The topological polar surface area (TPSA) is 143 Å². The quantitative estimate of drug-likeness (QED) is 0.637. The van der Waals surface area contributed by atoms with Crippen LogP contribution in [0.25, 0.3) is 0 Å². The van der Waals surface area contributed by atoms with E-state index in [4.69, 9.17) is 13.8 Å². The number of amides is 3. The molecule has 2 bridgehead atoms. The fraction of sp³-hybridized carbons (Fsp3) is 0.750. The highest BCUT2D eigenvalue weighted by Crippen LogP contribution is 2.62. The molecule has 182 valence electrons. The summed E-state index contributed by atoms with van der Waals surface area (Å²) in [6.07, 6.45) is 2.62. The summed E-state index contributed by atoms with van der Waals surface area (Å²) >= 11 is 0. The zero-order valence-corrected chi connectivity index (χ0v) is 19.6. The van der Waals surface area contributed by atoms with Gasteiger partial charge in [-0.3, -0.25) is 4.55 Å². The van der Waals surface area contributed by atoms with Crippen molar-refractivity contribution in [1.29, 1.82) is 0 Å². The molecular formula is C20H28N4O8S. The molecule has 1 aromatic rings. The number of hydrogen-bond acceptors (Lipinski definition) is 8. The molecule has 1 aromatic heterocycles. The van der Waals surface area contributed by atoms with E-state index in [0.717, 1.165) is 17.9 Å². The predicted octanol–water partition coefficient (Wildman–Crippen LogP) is 2.46. The van der Waals surface area contributed by atoms with Crippen molar-refractivity contribution in [3.63, 3.8) is 0 Å². The van der Waals surface area contributed by atoms with E-state index in [2.05, 4.69) is 9.44 Å². The number of nitrogens with zero attached hydrogens (tertiary/aromatic N) is 4. The Labute approximate surface area is 191 Å². The predicted molar refractivity (Wildman–Crippen MR) is 111 cm³/mol. The van der Waals surface area contributed by atoms with Gasteiger partial charge in [-0.05, 0) is 51.9 Å². The van der Waals surface area contributed by atoms with E-state index in [1.807, 2.05) is 26.8 Å². The van der Waals surface area contributed by atoms with Gasteiger partial charge in [-0.25, -0.2) is 9.59 Å². The fourth-order valence-corrected chi connectivity index (χ4v) is 5.59. The van der Waals surface area contributed by atoms with Gasteiger partial charge in [-0.2, -0.15) is 13.5 Å². The lowest BCUT2D eigenvalue weighted by molar-refractivity contribution is -0.0527. The Hall–Kier alpha value is -2.38. The molecule has 3 aliphatic heterocycles. The van der Waals surface area contributed by atoms with Crippen LogP contribution in [-0.4, -0.2) is 76.4 Å². The molecule has 4 fully saturated rings. The van der Waals surface area contributed by atoms with Crippen molar-refractivity contribution in [3.05, 3.63) is 17.5 Å². The molecule has 5 rings (SSSR count). The van der Waals surface area contributed by atoms with Gasteiger partial charge in [0.15, 0.2) is 0 Å². The number of ether oxygens (including phenoxy) is 1. The number of carbonyl (C=O) groups excluding carboxylic acids is 2. The minimum absolute atomic E-state index is 0.0290. The van der Waals surface area contributed by atoms with Gasteiger partial charge in [0.1, 0.15) is 17.1 Å². The largest absolute Gasteiger partial charge is 0.444 e. The number of hydrogen-bond donors (Lipinski definition) is 1. The maximum Gasteiger partial charge on any atom is 0.418 e. The van der Waals surface area contributed by atoms with Crippen molar-refractivity contribution < 1.29 is 36.1 Å². The second kappa shape index (κ2) is 7.31. The van der Waals surface area contributed by atoms with E-state index in [9.17, 15) is 18.0 Å². The molecule has 0 radical (unpaired) electrons. The van der Waals surface area contributed by atoms with Crippen LogP contribution in [0, 0.1) is 5.41 Å². The number of piperidine rings is 1. The summed E-state index contributed by atoms with van der Waals surface area (Å²) in [4.78, 5) is 28.4. The second-order valence-corrected chi connectivity index (χ2v) is 11.4. The van der Waals surface area contributed by atoms with E-state index in [-0.39, 0.29) is 30.0 Å². The molecule has 4 aliphatic rings. The lowest BCUT2D eigenvalue weighted by Crippen LogP contribution is -2.43. The van der Waals surface area contributed by atoms with E-state index >= 15 is 0 Å². The summed E-state index contributed by atoms with van der Waals surface area (Å²) in [6, 6.07) is 0.385. The summed E-state index contributed by atoms with van der Waals surface area (Å²) < 4.78 is 47.3. The monoisotopic (exact) mass is 484 g/mol. The van der Waals surface area contributed by atoms with Crippen LogP contribution < -0.4 is 0 Å². The summed E-state index contributed by atoms with van der Waals surface area (Å²) in [6.45, 7) is 6.77. The van der Waals surface area contributed by atoms with Crippen LogP contribution in [0.4, 0.5) is 9.59 Å². The zero-order valence-electron chi connectivity index (χ0n) is 18.8. The van der Waals surface area contributed by atoms with Gasteiger partial charge < -0.3 is 19.1 Å². The molecular weight excluding hydrogens is 456 g/mol. The highest BCUT2D eigenvalue weighted by atomic mass is 32.3. The molecule has 0 aromatic carbocycles. The minimum Gasteiger partial charge on any atom is -0.444 e. The number of rotatable bonds is 4. The van der Waals surface area contributed by atoms with Gasteiger partial charge in [0, 0.05) is 31.6 Å². The lowest BCUT2D eigenvalue weighted by Gasteiger charge is -2.35. The summed E-state index contributed by atoms with van der Waals surface area (Å²) in [5.74, 6) is 0.611. The third-order valence-corrected chi connectivity index (χ3v) is 7.32. The third-order valence-electron chi connectivity index (χ3n) is 6.97. The average Bonchev–Trinajstić information content (AvgIpc) is 3.10. The molecule has 1 N–H and O–H groups in total. The van der Waals surface area contributed by atoms with Crippen molar-refractivity contribution >= 4 is 22.5 Å². The molecule has 33 heavy (non-hydrogen) atoms. The molecule has 3 atom stereocenters. The van der Waals surface area contributed by atoms with Crippen LogP contribution in [-0.2, 0) is 19.4 Å². The number of likely N-dealkylation sites (tertiary alicyclic amines) is 1. The Balaban J connectivity index is 1.31. The first-order chi connectivity index (χ1) is 15.4. The van der Waals surface area contributed by atoms with Crippen LogP contribution in [0.1, 0.15) is 69.9 Å². The van der Waals surface area contributed by atoms with Crippen molar-refractivity contribution in [2.45, 2.75) is 70.1 Å². The number of urea groups is 1. The van der Waals surface area contributed by atoms with Crippen molar-refractivity contribution in [2.75, 3.05) is 19.6 Å². The first-order valence-electron chi connectivity index (χ1n) is 11.1. The maximum atomic E-state index is 12.9. The lowest BCUT2D eigenvalue weighted by atomic mass is 9.84. The zero-order chi connectivity index (χ0) is 23.8. The van der Waals surface area contributed by atoms with Crippen LogP contribution in [0.3, 0.4) is 0 Å². The SMILES string of the molecule is CC(C)(C)OC(=O)N1CCC(c2cc([C@@H]3CC4(CC4)[C@@H]4CN3C(=O)N4OS(=O)(=O)O)no2)C1. The number of hydroxylamine groups is 2. The highest BCUT2D eigenvalue weighted by molar-refractivity contribution is 7.80. The molecule has 1 unspecified atom stereocenters. The Kier molecular flexibility index (Phi) is 4.96. The molecule has 1 saturated carbocycles. The summed E-state index contributed by atoms with van der Waals surface area (Å²) in [5.41, 5.74) is -0.244. The first-order valence-corrected chi connectivity index (χ1v) is 12.4. The van der Waals surface area contributed by atoms with Crippen LogP contribution in [0.5, 0.6) is 0 Å². The van der Waals surface area contributed by atoms with Gasteiger partial charge in [-0.1, -0.05) is 5.16 Å². The van der Waals surface area contributed by atoms with Crippen molar-refractivity contribution in [2.24, 2.45) is 5.41 Å². The minimum atomic E-state index is -4.81. The Bertz CT molecular complexity index is 1080. The van der Waals surface area contributed by atoms with E-state index in [0.29, 0.717) is 37.4 Å². The second-order valence-electron chi connectivity index (χ2n) is 10.4. The summed E-state index contributed by atoms with van der Waals surface area (Å²) in [5, 5.41) is 5.02. The van der Waals surface area contributed by atoms with Gasteiger partial charge in [0.2, 0.25) is 0 Å². The van der Waals surface area contributed by atoms with Crippen LogP contribution >= 0.6 is 0 Å². The first kappa shape index (κ1) is 22.4. The average molecular weight is 485 g/mol. The Morgan fingerprint density at radius 1 is 1.30 bits per heavy atom. The van der Waals surface area contributed by atoms with Crippen LogP contribution in [0.2, 0.25) is 0 Å². The maximum absolute atomic E-state index is 12.9. The Morgan fingerprint density at radius 2 is 2.03 bits per heavy atom. The molecule has 1 aliphatic carbocycles. The number of carbonyl (C=O) groups is 2. The van der Waals surface area contributed by atoms with E-state index < -0.39 is 28.1 Å². The van der Waals surface area contributed by atoms with Gasteiger partial charge >= 0.3 is 22.5 Å². The number of fused-ring (bicyclic) bond motifs is 3. The normalized spacial score (nSPS) is 28.7. The van der Waals surface area contributed by atoms with E-state index in [1.165, 1.54) is 4.90 Å². The third kappa shape index (κ3) is 4.17. The van der Waals surface area contributed by atoms with Crippen LogP contribution in [0.15, 0.2) is 10.6 Å². The standard InChI is InChI=1S/C20H28N4O8S/c1-19(2,3)30-18(26)22-7-4-12(10-22)15-8-13(21-31-15)14-9-20(5-6-20)16-11-23(14)17(25)24(16)32-33(27,28)29/h8,12,14,16H,4-7,9-11H2,1-3H3,(H,27,28,29)/t12?,14-,16-/m0/s1. The van der Waals surface area contributed by atoms with Crippen molar-refractivity contribution in [3.8, 4) is 0 Å². The molecule has 4 heterocycles. The summed E-state index contributed by atoms with van der Waals surface area (Å²) in [7, 11) is -4.81. The fourth-order valence-electron chi connectivity index (χ4n) is 5.22. The molecule has 12 nitrogen and oxygen atoms in total. The van der Waals surface area contributed by atoms with E-state index in [1.54, 1.807) is 4.90 Å². The smallest absolute Gasteiger partial charge is 0.418 e. The van der Waals surface area contributed by atoms with Gasteiger partial charge in [0.25, 0.3) is 0 Å². The molecule has 3 saturated heterocycles. The molecule has 13 heteroatoms.